The predicted octanol–water partition coefficient (Wildman–Crippen LogP) is 0.282. The van der Waals surface area contributed by atoms with E-state index >= 15 is 0 Å². The van der Waals surface area contributed by atoms with Gasteiger partial charge in [0, 0.05) is 18.8 Å². The molecule has 1 amide bonds. The predicted molar refractivity (Wildman–Crippen MR) is 75.6 cm³/mol. The van der Waals surface area contributed by atoms with Crippen LogP contribution in [-0.2, 0) is 0 Å². The second-order valence-corrected chi connectivity index (χ2v) is 4.99. The van der Waals surface area contributed by atoms with E-state index in [0.717, 1.165) is 13.0 Å². The highest BCUT2D eigenvalue weighted by molar-refractivity contribution is 5.96. The van der Waals surface area contributed by atoms with E-state index in [1.54, 1.807) is 0 Å². The minimum absolute atomic E-state index is 0.0883. The highest BCUT2D eigenvalue weighted by Gasteiger charge is 2.21. The molecule has 1 aliphatic heterocycles. The minimum atomic E-state index is -0.235. The summed E-state index contributed by atoms with van der Waals surface area (Å²) in [6.45, 7) is 1.69. The van der Waals surface area contributed by atoms with E-state index in [2.05, 4.69) is 27.2 Å². The molecule has 0 saturated carbocycles. The average molecular weight is 279 g/mol. The zero-order valence-electron chi connectivity index (χ0n) is 11.9. The van der Waals surface area contributed by atoms with Gasteiger partial charge in [0.05, 0.1) is 7.11 Å². The highest BCUT2D eigenvalue weighted by atomic mass is 16.5. The largest absolute Gasteiger partial charge is 0.480 e. The summed E-state index contributed by atoms with van der Waals surface area (Å²) in [4.78, 5) is 22.2. The molecule has 0 bridgehead atoms. The number of anilines is 1. The van der Waals surface area contributed by atoms with Gasteiger partial charge < -0.3 is 20.7 Å². The molecule has 110 valence electrons. The van der Waals surface area contributed by atoms with Gasteiger partial charge in [0.25, 0.3) is 5.91 Å². The first-order chi connectivity index (χ1) is 9.61. The van der Waals surface area contributed by atoms with Crippen LogP contribution < -0.4 is 15.8 Å². The van der Waals surface area contributed by atoms with Crippen LogP contribution in [0.25, 0.3) is 0 Å². The molecule has 0 aliphatic carbocycles. The lowest BCUT2D eigenvalue weighted by atomic mass is 10.0. The number of likely N-dealkylation sites (tertiary alicyclic amines) is 1. The number of carbonyl (C=O) groups excluding carboxylic acids is 1. The maximum absolute atomic E-state index is 12.2. The molecular formula is C13H21N5O2. The first-order valence-electron chi connectivity index (χ1n) is 6.76. The Bertz CT molecular complexity index is 480. The number of piperidine rings is 1. The van der Waals surface area contributed by atoms with Crippen molar-refractivity contribution in [3.8, 4) is 5.88 Å². The van der Waals surface area contributed by atoms with Gasteiger partial charge >= 0.3 is 0 Å². The average Bonchev–Trinajstić information content (AvgIpc) is 2.46. The van der Waals surface area contributed by atoms with Gasteiger partial charge in [-0.2, -0.15) is 4.98 Å². The number of methoxy groups -OCH3 is 1. The van der Waals surface area contributed by atoms with Crippen LogP contribution in [-0.4, -0.2) is 54.1 Å². The van der Waals surface area contributed by atoms with E-state index in [1.807, 2.05) is 0 Å². The number of hydrogen-bond acceptors (Lipinski definition) is 6. The first kappa shape index (κ1) is 14.5. The maximum Gasteiger partial charge on any atom is 0.258 e. The quantitative estimate of drug-likeness (QED) is 0.822. The number of ether oxygens (including phenoxy) is 1. The van der Waals surface area contributed by atoms with Crippen molar-refractivity contribution in [2.45, 2.75) is 25.3 Å². The lowest BCUT2D eigenvalue weighted by molar-refractivity contribution is 0.0924. The first-order valence-corrected chi connectivity index (χ1v) is 6.76. The lowest BCUT2D eigenvalue weighted by Gasteiger charge is -2.32. The van der Waals surface area contributed by atoms with Crippen molar-refractivity contribution in [3.63, 3.8) is 0 Å². The van der Waals surface area contributed by atoms with Gasteiger partial charge in [-0.1, -0.05) is 6.42 Å². The van der Waals surface area contributed by atoms with Crippen LogP contribution in [0.5, 0.6) is 5.88 Å². The molecule has 0 aromatic carbocycles. The highest BCUT2D eigenvalue weighted by Crippen LogP contribution is 2.16. The summed E-state index contributed by atoms with van der Waals surface area (Å²) in [6.07, 6.45) is 4.92. The van der Waals surface area contributed by atoms with Crippen LogP contribution in [0.3, 0.4) is 0 Å². The standard InChI is InChI=1S/C13H21N5O2/c1-18-6-4-3-5-9(18)7-15-11(19)10-8-16-13(14)17-12(10)20-2/h8-9H,3-7H2,1-2H3,(H,15,19)(H2,14,16,17)/t9-/m0/s1. The normalized spacial score (nSPS) is 19.6. The Morgan fingerprint density at radius 2 is 2.40 bits per heavy atom. The van der Waals surface area contributed by atoms with Gasteiger partial charge in [-0.3, -0.25) is 4.79 Å². The second-order valence-electron chi connectivity index (χ2n) is 4.99. The van der Waals surface area contributed by atoms with Gasteiger partial charge in [0.2, 0.25) is 11.8 Å². The molecule has 7 nitrogen and oxygen atoms in total. The Hall–Kier alpha value is -1.89. The van der Waals surface area contributed by atoms with Crippen molar-refractivity contribution in [2.24, 2.45) is 0 Å². The molecule has 0 unspecified atom stereocenters. The Kier molecular flexibility index (Phi) is 4.73. The second kappa shape index (κ2) is 6.51. The van der Waals surface area contributed by atoms with Crippen molar-refractivity contribution in [1.29, 1.82) is 0 Å². The lowest BCUT2D eigenvalue weighted by Crippen LogP contribution is -2.44. The Morgan fingerprint density at radius 3 is 3.10 bits per heavy atom. The van der Waals surface area contributed by atoms with Crippen molar-refractivity contribution in [1.82, 2.24) is 20.2 Å². The molecule has 0 radical (unpaired) electrons. The van der Waals surface area contributed by atoms with E-state index < -0.39 is 0 Å². The van der Waals surface area contributed by atoms with Crippen molar-refractivity contribution in [2.75, 3.05) is 33.0 Å². The molecule has 1 fully saturated rings. The molecular weight excluding hydrogens is 258 g/mol. The molecule has 1 saturated heterocycles. The van der Waals surface area contributed by atoms with Gasteiger partial charge in [0.15, 0.2) is 0 Å². The Morgan fingerprint density at radius 1 is 1.60 bits per heavy atom. The molecule has 7 heteroatoms. The van der Waals surface area contributed by atoms with E-state index in [0.29, 0.717) is 18.2 Å². The molecule has 1 atom stereocenters. The fourth-order valence-electron chi connectivity index (χ4n) is 2.40. The summed E-state index contributed by atoms with van der Waals surface area (Å²) in [5, 5.41) is 2.91. The van der Waals surface area contributed by atoms with Crippen LogP contribution >= 0.6 is 0 Å². The molecule has 0 spiro atoms. The maximum atomic E-state index is 12.2. The number of nitrogens with one attached hydrogen (secondary N) is 1. The van der Waals surface area contributed by atoms with Gasteiger partial charge in [0.1, 0.15) is 5.56 Å². The summed E-state index contributed by atoms with van der Waals surface area (Å²) in [6, 6.07) is 0.383. The van der Waals surface area contributed by atoms with Crippen LogP contribution in [0, 0.1) is 0 Å². The van der Waals surface area contributed by atoms with E-state index in [9.17, 15) is 4.79 Å². The number of nitrogen functional groups attached to an aromatic ring is 1. The summed E-state index contributed by atoms with van der Waals surface area (Å²) in [7, 11) is 3.54. The molecule has 1 aromatic rings. The third kappa shape index (κ3) is 3.36. The van der Waals surface area contributed by atoms with Crippen LogP contribution in [0.4, 0.5) is 5.95 Å². The molecule has 20 heavy (non-hydrogen) atoms. The summed E-state index contributed by atoms with van der Waals surface area (Å²) < 4.78 is 5.06. The number of amides is 1. The fourth-order valence-corrected chi connectivity index (χ4v) is 2.40. The topological polar surface area (TPSA) is 93.4 Å². The third-order valence-electron chi connectivity index (χ3n) is 3.63. The summed E-state index contributed by atoms with van der Waals surface area (Å²) in [5.41, 5.74) is 5.78. The van der Waals surface area contributed by atoms with Crippen LogP contribution in [0.1, 0.15) is 29.6 Å². The van der Waals surface area contributed by atoms with Gasteiger partial charge in [-0.05, 0) is 26.4 Å². The number of nitrogens with zero attached hydrogens (tertiary/aromatic N) is 3. The summed E-state index contributed by atoms with van der Waals surface area (Å²) >= 11 is 0. The van der Waals surface area contributed by atoms with E-state index in [1.165, 1.54) is 26.1 Å². The van der Waals surface area contributed by atoms with Crippen molar-refractivity contribution in [3.05, 3.63) is 11.8 Å². The molecule has 2 heterocycles. The fraction of sp³-hybridized carbons (Fsp3) is 0.615. The Labute approximate surface area is 118 Å². The molecule has 1 aliphatic rings. The smallest absolute Gasteiger partial charge is 0.258 e. The molecule has 3 N–H and O–H groups in total. The van der Waals surface area contributed by atoms with E-state index in [-0.39, 0.29) is 17.7 Å². The zero-order chi connectivity index (χ0) is 14.5. The van der Waals surface area contributed by atoms with Crippen LogP contribution in [0.15, 0.2) is 6.20 Å². The van der Waals surface area contributed by atoms with Crippen molar-refractivity contribution >= 4 is 11.9 Å². The Balaban J connectivity index is 1.98. The number of hydrogen-bond donors (Lipinski definition) is 2. The number of likely N-dealkylation sites (N-methyl/N-ethyl adjacent to an activating group) is 1. The molecule has 2 rings (SSSR count). The third-order valence-corrected chi connectivity index (χ3v) is 3.63. The van der Waals surface area contributed by atoms with Crippen LogP contribution in [0.2, 0.25) is 0 Å². The van der Waals surface area contributed by atoms with Gasteiger partial charge in [-0.25, -0.2) is 4.98 Å². The molecule has 1 aromatic heterocycles. The number of aromatic nitrogens is 2. The zero-order valence-corrected chi connectivity index (χ0v) is 11.9. The summed E-state index contributed by atoms with van der Waals surface area (Å²) in [5.74, 6) is 0.0539. The monoisotopic (exact) mass is 279 g/mol. The van der Waals surface area contributed by atoms with E-state index in [4.69, 9.17) is 10.5 Å². The number of rotatable bonds is 4. The number of carbonyl (C=O) groups is 1. The SMILES string of the molecule is COc1nc(N)ncc1C(=O)NC[C@@H]1CCCCN1C. The minimum Gasteiger partial charge on any atom is -0.480 e. The van der Waals surface area contributed by atoms with Gasteiger partial charge in [-0.15, -0.1) is 0 Å². The van der Waals surface area contributed by atoms with Crippen molar-refractivity contribution < 1.29 is 9.53 Å². The number of nitrogens with two attached hydrogens (primary N) is 1.